The van der Waals surface area contributed by atoms with Crippen LogP contribution in [0.25, 0.3) is 0 Å². The molecule has 22 heavy (non-hydrogen) atoms. The van der Waals surface area contributed by atoms with E-state index in [1.807, 2.05) is 13.8 Å². The van der Waals surface area contributed by atoms with E-state index in [9.17, 15) is 9.59 Å². The quantitative estimate of drug-likeness (QED) is 0.684. The number of hydrogen-bond donors (Lipinski definition) is 3. The fraction of sp³-hybridized carbons (Fsp3) is 0.615. The Labute approximate surface area is 140 Å². The molecule has 0 aromatic carbocycles. The molecule has 0 aliphatic heterocycles. The lowest BCUT2D eigenvalue weighted by molar-refractivity contribution is -0.120. The van der Waals surface area contributed by atoms with Gasteiger partial charge in [-0.3, -0.25) is 9.59 Å². The molecule has 7 nitrogen and oxygen atoms in total. The van der Waals surface area contributed by atoms with E-state index in [1.54, 1.807) is 19.9 Å². The number of thioether (sulfide) groups is 1. The summed E-state index contributed by atoms with van der Waals surface area (Å²) in [6.07, 6.45) is 0. The predicted molar refractivity (Wildman–Crippen MR) is 90.3 cm³/mol. The molecule has 0 aliphatic rings. The first-order valence-corrected chi connectivity index (χ1v) is 7.65. The smallest absolute Gasteiger partial charge is 0.238 e. The van der Waals surface area contributed by atoms with Crippen LogP contribution in [0.2, 0.25) is 0 Å². The molecule has 0 radical (unpaired) electrons. The number of amides is 2. The third-order valence-electron chi connectivity index (χ3n) is 2.70. The van der Waals surface area contributed by atoms with Gasteiger partial charge in [0.1, 0.15) is 5.76 Å². The fourth-order valence-corrected chi connectivity index (χ4v) is 2.08. The molecule has 0 saturated carbocycles. The zero-order valence-corrected chi connectivity index (χ0v) is 14.8. The average Bonchev–Trinajstić information content (AvgIpc) is 2.80. The van der Waals surface area contributed by atoms with E-state index in [4.69, 9.17) is 10.3 Å². The summed E-state index contributed by atoms with van der Waals surface area (Å²) < 4.78 is 4.86. The summed E-state index contributed by atoms with van der Waals surface area (Å²) in [5, 5.41) is 8.74. The van der Waals surface area contributed by atoms with Gasteiger partial charge in [-0.25, -0.2) is 0 Å². The molecule has 0 fully saturated rings. The number of nitrogens with one attached hydrogen (secondary N) is 2. The summed E-state index contributed by atoms with van der Waals surface area (Å²) in [6, 6.07) is 1.63. The number of aryl methyl sites for hydroxylation is 1. The number of nitrogens with two attached hydrogens (primary N) is 1. The number of carbonyl (C=O) groups is 2. The summed E-state index contributed by atoms with van der Waals surface area (Å²) in [5.41, 5.74) is 5.10. The highest BCUT2D eigenvalue weighted by Gasteiger charge is 2.20. The molecule has 1 aromatic rings. The lowest BCUT2D eigenvalue weighted by atomic mass is 10.1. The monoisotopic (exact) mass is 350 g/mol. The van der Waals surface area contributed by atoms with Gasteiger partial charge in [0.15, 0.2) is 5.82 Å². The average molecular weight is 351 g/mol. The van der Waals surface area contributed by atoms with Gasteiger partial charge in [0.2, 0.25) is 11.8 Å². The summed E-state index contributed by atoms with van der Waals surface area (Å²) in [5.74, 6) is 0.815. The lowest BCUT2D eigenvalue weighted by Gasteiger charge is -2.24. The van der Waals surface area contributed by atoms with Gasteiger partial charge >= 0.3 is 0 Å². The van der Waals surface area contributed by atoms with E-state index in [0.717, 1.165) is 0 Å². The van der Waals surface area contributed by atoms with Crippen LogP contribution in [0, 0.1) is 6.92 Å². The highest BCUT2D eigenvalue weighted by atomic mass is 35.5. The number of aromatic nitrogens is 1. The van der Waals surface area contributed by atoms with Crippen LogP contribution in [0.1, 0.15) is 26.5 Å². The molecule has 0 saturated heterocycles. The molecule has 0 spiro atoms. The Bertz CT molecular complexity index is 507. The Hall–Kier alpha value is -1.25. The minimum Gasteiger partial charge on any atom is -0.360 e. The van der Waals surface area contributed by atoms with Crippen molar-refractivity contribution in [3.63, 3.8) is 0 Å². The van der Waals surface area contributed by atoms with E-state index in [1.165, 1.54) is 11.8 Å². The van der Waals surface area contributed by atoms with Crippen molar-refractivity contribution < 1.29 is 14.1 Å². The molecular weight excluding hydrogens is 328 g/mol. The van der Waals surface area contributed by atoms with Crippen LogP contribution in [-0.2, 0) is 9.59 Å². The molecular formula is C13H23ClN4O3S. The van der Waals surface area contributed by atoms with Gasteiger partial charge in [-0.05, 0) is 27.7 Å². The van der Waals surface area contributed by atoms with Gasteiger partial charge in [-0.15, -0.1) is 24.2 Å². The third-order valence-corrected chi connectivity index (χ3v) is 3.84. The first kappa shape index (κ1) is 20.8. The first-order valence-electron chi connectivity index (χ1n) is 6.60. The van der Waals surface area contributed by atoms with E-state index >= 15 is 0 Å². The van der Waals surface area contributed by atoms with Crippen LogP contribution in [0.5, 0.6) is 0 Å². The molecule has 1 atom stereocenters. The van der Waals surface area contributed by atoms with Gasteiger partial charge in [0, 0.05) is 18.2 Å². The minimum absolute atomic E-state index is 0. The Morgan fingerprint density at radius 1 is 1.50 bits per heavy atom. The predicted octanol–water partition coefficient (Wildman–Crippen LogP) is 1.32. The molecule has 9 heteroatoms. The van der Waals surface area contributed by atoms with Crippen molar-refractivity contribution in [2.75, 3.05) is 17.6 Å². The SMILES string of the molecule is Cc1cc(NC(=O)C(C)SCC(=O)NC(C)(C)CN)no1.Cl. The standard InChI is InChI=1S/C13H22N4O3S.ClH/c1-8-5-10(17-20-8)15-12(19)9(2)21-6-11(18)16-13(3,4)7-14;/h5,9H,6-7,14H2,1-4H3,(H,16,18)(H,15,17,19);1H. The van der Waals surface area contributed by atoms with E-state index in [2.05, 4.69) is 15.8 Å². The normalized spacial score (nSPS) is 12.2. The van der Waals surface area contributed by atoms with Crippen molar-refractivity contribution in [3.8, 4) is 0 Å². The maximum atomic E-state index is 11.9. The number of hydrogen-bond acceptors (Lipinski definition) is 6. The molecule has 0 bridgehead atoms. The largest absolute Gasteiger partial charge is 0.360 e. The molecule has 2 amide bonds. The summed E-state index contributed by atoms with van der Waals surface area (Å²) in [4.78, 5) is 23.7. The first-order chi connectivity index (χ1) is 9.73. The van der Waals surface area contributed by atoms with E-state index in [0.29, 0.717) is 18.1 Å². The van der Waals surface area contributed by atoms with Crippen LogP contribution in [0.15, 0.2) is 10.6 Å². The summed E-state index contributed by atoms with van der Waals surface area (Å²) >= 11 is 1.25. The van der Waals surface area contributed by atoms with Crippen molar-refractivity contribution in [2.45, 2.75) is 38.5 Å². The molecule has 1 aromatic heterocycles. The van der Waals surface area contributed by atoms with Crippen LogP contribution in [0.4, 0.5) is 5.82 Å². The maximum absolute atomic E-state index is 11.9. The van der Waals surface area contributed by atoms with Crippen LogP contribution in [0.3, 0.4) is 0 Å². The number of halogens is 1. The number of nitrogens with zero attached hydrogens (tertiary/aromatic N) is 1. The van der Waals surface area contributed by atoms with Crippen molar-refractivity contribution in [3.05, 3.63) is 11.8 Å². The maximum Gasteiger partial charge on any atom is 0.238 e. The number of carbonyl (C=O) groups excluding carboxylic acids is 2. The molecule has 0 aliphatic carbocycles. The Morgan fingerprint density at radius 2 is 2.14 bits per heavy atom. The van der Waals surface area contributed by atoms with Gasteiger partial charge in [0.25, 0.3) is 0 Å². The Kier molecular flexibility index (Phi) is 8.50. The third kappa shape index (κ3) is 7.15. The van der Waals surface area contributed by atoms with Crippen molar-refractivity contribution in [1.82, 2.24) is 10.5 Å². The van der Waals surface area contributed by atoms with Crippen LogP contribution in [-0.4, -0.2) is 40.1 Å². The number of anilines is 1. The Morgan fingerprint density at radius 3 is 2.64 bits per heavy atom. The highest BCUT2D eigenvalue weighted by Crippen LogP contribution is 2.14. The topological polar surface area (TPSA) is 110 Å². The number of rotatable bonds is 7. The Balaban J connectivity index is 0.00000441. The lowest BCUT2D eigenvalue weighted by Crippen LogP contribution is -2.49. The molecule has 1 heterocycles. The molecule has 126 valence electrons. The van der Waals surface area contributed by atoms with E-state index < -0.39 is 5.54 Å². The molecule has 4 N–H and O–H groups in total. The second-order valence-corrected chi connectivity index (χ2v) is 6.73. The summed E-state index contributed by atoms with van der Waals surface area (Å²) in [6.45, 7) is 7.51. The van der Waals surface area contributed by atoms with Crippen LogP contribution >= 0.6 is 24.2 Å². The zero-order valence-electron chi connectivity index (χ0n) is 13.1. The molecule has 1 unspecified atom stereocenters. The van der Waals surface area contributed by atoms with E-state index in [-0.39, 0.29) is 35.2 Å². The second-order valence-electron chi connectivity index (χ2n) is 5.40. The fourth-order valence-electron chi connectivity index (χ4n) is 1.39. The minimum atomic E-state index is -0.443. The zero-order chi connectivity index (χ0) is 16.0. The van der Waals surface area contributed by atoms with Crippen molar-refractivity contribution in [1.29, 1.82) is 0 Å². The van der Waals surface area contributed by atoms with Crippen molar-refractivity contribution in [2.24, 2.45) is 5.73 Å². The van der Waals surface area contributed by atoms with Crippen LogP contribution < -0.4 is 16.4 Å². The molecule has 1 rings (SSSR count). The van der Waals surface area contributed by atoms with Gasteiger partial charge in [-0.2, -0.15) is 0 Å². The summed E-state index contributed by atoms with van der Waals surface area (Å²) in [7, 11) is 0. The van der Waals surface area contributed by atoms with Gasteiger partial charge in [-0.1, -0.05) is 5.16 Å². The van der Waals surface area contributed by atoms with Gasteiger partial charge in [0.05, 0.1) is 11.0 Å². The second kappa shape index (κ2) is 9.02. The van der Waals surface area contributed by atoms with Crippen molar-refractivity contribution >= 4 is 41.8 Å². The van der Waals surface area contributed by atoms with Gasteiger partial charge < -0.3 is 20.9 Å². The highest BCUT2D eigenvalue weighted by molar-refractivity contribution is 8.01.